The predicted molar refractivity (Wildman–Crippen MR) is 73.2 cm³/mol. The lowest BCUT2D eigenvalue weighted by molar-refractivity contribution is 0.252. The topological polar surface area (TPSA) is 43.7 Å². The molecule has 0 aromatic heterocycles. The third-order valence-corrected chi connectivity index (χ3v) is 4.77. The second kappa shape index (κ2) is 5.40. The first-order valence-electron chi connectivity index (χ1n) is 6.08. The highest BCUT2D eigenvalue weighted by molar-refractivity contribution is 8.21. The van der Waals surface area contributed by atoms with Gasteiger partial charge in [0.15, 0.2) is 0 Å². The van der Waals surface area contributed by atoms with Crippen LogP contribution in [0.5, 0.6) is 0 Å². The number of piperidine rings is 1. The van der Waals surface area contributed by atoms with Crippen LogP contribution in [0.2, 0.25) is 0 Å². The van der Waals surface area contributed by atoms with Gasteiger partial charge in [-0.3, -0.25) is 9.11 Å². The largest absolute Gasteiger partial charge is 0.286 e. The Bertz CT molecular complexity index is 342. The highest BCUT2D eigenvalue weighted by Crippen LogP contribution is 2.41. The Hall–Kier alpha value is -0.550. The van der Waals surface area contributed by atoms with Gasteiger partial charge in [0.25, 0.3) is 0 Å². The summed E-state index contributed by atoms with van der Waals surface area (Å²) in [6.45, 7) is 1.60. The average Bonchev–Trinajstić information content (AvgIpc) is 2.30. The molecule has 1 aliphatic heterocycles. The number of hydrogen-bond acceptors (Lipinski definition) is 3. The Labute approximate surface area is 105 Å². The molecule has 0 unspecified atom stereocenters. The molecular formula is C13H21NO2S. The Balaban J connectivity index is 1.84. The first-order valence-corrected chi connectivity index (χ1v) is 7.99. The maximum atomic E-state index is 9.58. The molecule has 1 aliphatic rings. The van der Waals surface area contributed by atoms with Gasteiger partial charge in [0.05, 0.1) is 0 Å². The summed E-state index contributed by atoms with van der Waals surface area (Å²) in [5, 5.41) is 0. The van der Waals surface area contributed by atoms with Crippen molar-refractivity contribution in [3.05, 3.63) is 35.9 Å². The quantitative estimate of drug-likeness (QED) is 0.871. The van der Waals surface area contributed by atoms with Crippen molar-refractivity contribution >= 4 is 10.8 Å². The molecule has 1 heterocycles. The first kappa shape index (κ1) is 12.9. The zero-order valence-electron chi connectivity index (χ0n) is 10.2. The Morgan fingerprint density at radius 2 is 1.76 bits per heavy atom. The van der Waals surface area contributed by atoms with E-state index in [1.165, 1.54) is 11.8 Å². The Morgan fingerprint density at radius 3 is 2.29 bits per heavy atom. The molecule has 0 spiro atoms. The van der Waals surface area contributed by atoms with Gasteiger partial charge >= 0.3 is 0 Å². The van der Waals surface area contributed by atoms with Crippen molar-refractivity contribution in [2.75, 3.05) is 19.3 Å². The molecule has 0 radical (unpaired) electrons. The minimum Gasteiger partial charge on any atom is -0.286 e. The minimum atomic E-state index is -2.49. The van der Waals surface area contributed by atoms with E-state index in [1.54, 1.807) is 0 Å². The number of rotatable bonds is 3. The van der Waals surface area contributed by atoms with E-state index < -0.39 is 10.8 Å². The number of hydrogen-bond donors (Lipinski definition) is 2. The molecule has 1 saturated heterocycles. The van der Waals surface area contributed by atoms with Crippen LogP contribution in [0.15, 0.2) is 30.3 Å². The van der Waals surface area contributed by atoms with E-state index in [4.69, 9.17) is 0 Å². The summed E-state index contributed by atoms with van der Waals surface area (Å²) in [5.41, 5.74) is 1.38. The lowest BCUT2D eigenvalue weighted by Crippen LogP contribution is -2.35. The van der Waals surface area contributed by atoms with E-state index >= 15 is 0 Å². The average molecular weight is 255 g/mol. The SMILES string of the molecule is CS(O)(O)N1CCC(Cc2ccccc2)CC1. The molecular weight excluding hydrogens is 234 g/mol. The molecule has 1 aromatic carbocycles. The van der Waals surface area contributed by atoms with E-state index in [1.807, 2.05) is 10.4 Å². The van der Waals surface area contributed by atoms with Gasteiger partial charge in [-0.2, -0.15) is 0 Å². The van der Waals surface area contributed by atoms with Crippen LogP contribution in [-0.4, -0.2) is 32.8 Å². The molecule has 1 fully saturated rings. The molecule has 0 amide bonds. The van der Waals surface area contributed by atoms with Crippen LogP contribution in [0.25, 0.3) is 0 Å². The summed E-state index contributed by atoms with van der Waals surface area (Å²) in [5.74, 6) is 0.676. The van der Waals surface area contributed by atoms with Gasteiger partial charge < -0.3 is 0 Å². The summed E-state index contributed by atoms with van der Waals surface area (Å²) in [6, 6.07) is 10.5. The van der Waals surface area contributed by atoms with Crippen molar-refractivity contribution in [3.8, 4) is 0 Å². The van der Waals surface area contributed by atoms with Gasteiger partial charge in [-0.05, 0) is 30.7 Å². The molecule has 96 valence electrons. The van der Waals surface area contributed by atoms with Crippen molar-refractivity contribution in [1.82, 2.24) is 4.31 Å². The lowest BCUT2D eigenvalue weighted by atomic mass is 9.91. The summed E-state index contributed by atoms with van der Waals surface area (Å²) in [4.78, 5) is 0. The van der Waals surface area contributed by atoms with Gasteiger partial charge in [0, 0.05) is 19.3 Å². The predicted octanol–water partition coefficient (Wildman–Crippen LogP) is 3.24. The molecule has 4 heteroatoms. The summed E-state index contributed by atoms with van der Waals surface area (Å²) < 4.78 is 21.0. The van der Waals surface area contributed by atoms with Crippen LogP contribution < -0.4 is 0 Å². The van der Waals surface area contributed by atoms with E-state index in [9.17, 15) is 9.11 Å². The van der Waals surface area contributed by atoms with Crippen LogP contribution >= 0.6 is 10.8 Å². The monoisotopic (exact) mass is 255 g/mol. The van der Waals surface area contributed by atoms with Crippen molar-refractivity contribution in [2.45, 2.75) is 19.3 Å². The standard InChI is InChI=1S/C13H21NO2S/c1-17(15,16)14-9-7-13(8-10-14)11-12-5-3-2-4-6-12/h2-6,13,15-16H,7-11H2,1H3. The van der Waals surface area contributed by atoms with Crippen LogP contribution in [0.1, 0.15) is 18.4 Å². The fraction of sp³-hybridized carbons (Fsp3) is 0.538. The summed E-state index contributed by atoms with van der Waals surface area (Å²) in [6.07, 6.45) is 4.74. The first-order chi connectivity index (χ1) is 8.05. The maximum absolute atomic E-state index is 9.58. The van der Waals surface area contributed by atoms with Gasteiger partial charge in [-0.1, -0.05) is 30.3 Å². The summed E-state index contributed by atoms with van der Waals surface area (Å²) >= 11 is 0. The maximum Gasteiger partial charge on any atom is 0.0418 e. The summed E-state index contributed by atoms with van der Waals surface area (Å²) in [7, 11) is -2.49. The molecule has 3 nitrogen and oxygen atoms in total. The van der Waals surface area contributed by atoms with Crippen molar-refractivity contribution in [2.24, 2.45) is 5.92 Å². The fourth-order valence-electron chi connectivity index (χ4n) is 2.41. The van der Waals surface area contributed by atoms with Gasteiger partial charge in [-0.15, -0.1) is 10.8 Å². The third kappa shape index (κ3) is 3.71. The Morgan fingerprint density at radius 1 is 1.18 bits per heavy atom. The van der Waals surface area contributed by atoms with E-state index in [2.05, 4.69) is 24.3 Å². The number of benzene rings is 1. The molecule has 1 aromatic rings. The smallest absolute Gasteiger partial charge is 0.0418 e. The van der Waals surface area contributed by atoms with E-state index in [0.29, 0.717) is 5.92 Å². The Kier molecular flexibility index (Phi) is 4.09. The zero-order valence-corrected chi connectivity index (χ0v) is 11.1. The third-order valence-electron chi connectivity index (χ3n) is 3.43. The van der Waals surface area contributed by atoms with Crippen LogP contribution in [0, 0.1) is 5.92 Å². The second-order valence-corrected chi connectivity index (χ2v) is 6.96. The highest BCUT2D eigenvalue weighted by Gasteiger charge is 2.25. The fourth-order valence-corrected chi connectivity index (χ4v) is 3.31. The lowest BCUT2D eigenvalue weighted by Gasteiger charge is -2.43. The van der Waals surface area contributed by atoms with Crippen LogP contribution in [0.3, 0.4) is 0 Å². The molecule has 0 aliphatic carbocycles. The second-order valence-electron chi connectivity index (χ2n) is 4.85. The highest BCUT2D eigenvalue weighted by atomic mass is 32.3. The number of nitrogens with zero attached hydrogens (tertiary/aromatic N) is 1. The molecule has 0 atom stereocenters. The van der Waals surface area contributed by atoms with Crippen molar-refractivity contribution in [1.29, 1.82) is 0 Å². The van der Waals surface area contributed by atoms with Gasteiger partial charge in [0.1, 0.15) is 0 Å². The molecule has 17 heavy (non-hydrogen) atoms. The van der Waals surface area contributed by atoms with E-state index in [-0.39, 0.29) is 0 Å². The molecule has 0 bridgehead atoms. The normalized spacial score (nSPS) is 20.4. The molecule has 2 N–H and O–H groups in total. The van der Waals surface area contributed by atoms with Crippen molar-refractivity contribution < 1.29 is 9.11 Å². The van der Waals surface area contributed by atoms with Crippen LogP contribution in [0.4, 0.5) is 0 Å². The van der Waals surface area contributed by atoms with Crippen LogP contribution in [-0.2, 0) is 6.42 Å². The van der Waals surface area contributed by atoms with Gasteiger partial charge in [-0.25, -0.2) is 4.31 Å². The zero-order chi connectivity index (χ0) is 12.3. The minimum absolute atomic E-state index is 0.676. The van der Waals surface area contributed by atoms with Crippen molar-refractivity contribution in [3.63, 3.8) is 0 Å². The molecule has 0 saturated carbocycles. The van der Waals surface area contributed by atoms with Gasteiger partial charge in [0.2, 0.25) is 0 Å². The molecule has 2 rings (SSSR count). The van der Waals surface area contributed by atoms with E-state index in [0.717, 1.165) is 32.4 Å².